The van der Waals surface area contributed by atoms with Crippen LogP contribution in [0.5, 0.6) is 0 Å². The molecule has 1 aliphatic rings. The van der Waals surface area contributed by atoms with Crippen LogP contribution in [0.1, 0.15) is 33.6 Å². The van der Waals surface area contributed by atoms with E-state index in [0.29, 0.717) is 0 Å². The van der Waals surface area contributed by atoms with E-state index in [4.69, 9.17) is 9.84 Å². The lowest BCUT2D eigenvalue weighted by Gasteiger charge is -2.21. The number of alkyl carbamates (subject to hydrolysis) is 1. The van der Waals surface area contributed by atoms with Crippen molar-refractivity contribution in [3.63, 3.8) is 0 Å². The van der Waals surface area contributed by atoms with E-state index in [9.17, 15) is 18.4 Å². The highest BCUT2D eigenvalue weighted by Gasteiger charge is 2.71. The molecule has 0 aromatic heterocycles. The van der Waals surface area contributed by atoms with Crippen molar-refractivity contribution in [2.75, 3.05) is 6.54 Å². The van der Waals surface area contributed by atoms with E-state index in [-0.39, 0.29) is 0 Å². The fourth-order valence-electron chi connectivity index (χ4n) is 1.67. The summed E-state index contributed by atoms with van der Waals surface area (Å²) in [5, 5.41) is 10.8. The molecule has 0 bridgehead atoms. The molecule has 0 spiro atoms. The second kappa shape index (κ2) is 4.37. The van der Waals surface area contributed by atoms with Gasteiger partial charge < -0.3 is 15.2 Å². The summed E-state index contributed by atoms with van der Waals surface area (Å²) in [6, 6.07) is 0. The van der Waals surface area contributed by atoms with Gasteiger partial charge in [0.25, 0.3) is 5.92 Å². The van der Waals surface area contributed by atoms with Gasteiger partial charge >= 0.3 is 12.1 Å². The topological polar surface area (TPSA) is 75.6 Å². The van der Waals surface area contributed by atoms with Crippen LogP contribution in [0.2, 0.25) is 0 Å². The normalized spacial score (nSPS) is 25.4. The average molecular weight is 265 g/mol. The van der Waals surface area contributed by atoms with Gasteiger partial charge in [0.15, 0.2) is 0 Å². The zero-order chi connectivity index (χ0) is 14.2. The fourth-order valence-corrected chi connectivity index (χ4v) is 1.67. The van der Waals surface area contributed by atoms with E-state index < -0.39 is 48.4 Å². The Morgan fingerprint density at radius 3 is 2.22 bits per heavy atom. The summed E-state index contributed by atoms with van der Waals surface area (Å²) in [6.45, 7) is 4.53. The molecule has 1 fully saturated rings. The lowest BCUT2D eigenvalue weighted by atomic mass is 10.0. The molecule has 1 unspecified atom stereocenters. The van der Waals surface area contributed by atoms with Crippen molar-refractivity contribution in [3.8, 4) is 0 Å². The third kappa shape index (κ3) is 3.54. The molecule has 0 aromatic rings. The summed E-state index contributed by atoms with van der Waals surface area (Å²) >= 11 is 0. The second-order valence-electron chi connectivity index (χ2n) is 5.59. The van der Waals surface area contributed by atoms with E-state index in [0.717, 1.165) is 0 Å². The third-order valence-corrected chi connectivity index (χ3v) is 2.67. The Balaban J connectivity index is 2.51. The van der Waals surface area contributed by atoms with E-state index in [1.54, 1.807) is 20.8 Å². The molecule has 2 N–H and O–H groups in total. The summed E-state index contributed by atoms with van der Waals surface area (Å²) in [4.78, 5) is 21.8. The quantitative estimate of drug-likeness (QED) is 0.815. The number of carbonyl (C=O) groups excluding carboxylic acids is 1. The molecule has 1 atom stereocenters. The number of rotatable bonds is 4. The molecule has 0 aliphatic heterocycles. The van der Waals surface area contributed by atoms with Gasteiger partial charge in [-0.1, -0.05) is 0 Å². The van der Waals surface area contributed by atoms with E-state index in [2.05, 4.69) is 5.32 Å². The van der Waals surface area contributed by atoms with Crippen LogP contribution in [0.15, 0.2) is 0 Å². The van der Waals surface area contributed by atoms with Crippen LogP contribution in [0.4, 0.5) is 13.6 Å². The van der Waals surface area contributed by atoms with Gasteiger partial charge in [-0.15, -0.1) is 0 Å². The molecule has 0 aromatic carbocycles. The van der Waals surface area contributed by atoms with Gasteiger partial charge in [0, 0.05) is 13.0 Å². The maximum Gasteiger partial charge on any atom is 0.407 e. The van der Waals surface area contributed by atoms with E-state index in [1.807, 2.05) is 0 Å². The van der Waals surface area contributed by atoms with Crippen LogP contribution in [-0.2, 0) is 9.53 Å². The maximum atomic E-state index is 13.1. The molecule has 104 valence electrons. The first-order valence-corrected chi connectivity index (χ1v) is 5.54. The number of carbonyl (C=O) groups is 2. The summed E-state index contributed by atoms with van der Waals surface area (Å²) in [7, 11) is 0. The van der Waals surface area contributed by atoms with Crippen molar-refractivity contribution >= 4 is 12.1 Å². The zero-order valence-electron chi connectivity index (χ0n) is 10.5. The third-order valence-electron chi connectivity index (χ3n) is 2.67. The molecule has 1 aliphatic carbocycles. The highest BCUT2D eigenvalue weighted by atomic mass is 19.3. The zero-order valence-corrected chi connectivity index (χ0v) is 10.5. The monoisotopic (exact) mass is 265 g/mol. The lowest BCUT2D eigenvalue weighted by molar-refractivity contribution is -0.139. The smallest absolute Gasteiger partial charge is 0.407 e. The van der Waals surface area contributed by atoms with Gasteiger partial charge in [0.1, 0.15) is 5.60 Å². The fraction of sp³-hybridized carbons (Fsp3) is 0.818. The molecule has 1 rings (SSSR count). The number of halogens is 2. The number of carboxylic acids is 1. The summed E-state index contributed by atoms with van der Waals surface area (Å²) in [5.41, 5.74) is -2.40. The number of carboxylic acid groups (broad SMARTS) is 1. The van der Waals surface area contributed by atoms with Crippen molar-refractivity contribution in [1.82, 2.24) is 5.32 Å². The first-order valence-electron chi connectivity index (χ1n) is 5.54. The van der Waals surface area contributed by atoms with Gasteiger partial charge in [-0.05, 0) is 20.8 Å². The number of nitrogens with one attached hydrogen (secondary N) is 1. The number of ether oxygens (including phenoxy) is 1. The molecule has 0 radical (unpaired) electrons. The van der Waals surface area contributed by atoms with Gasteiger partial charge in [0.05, 0.1) is 11.8 Å². The lowest BCUT2D eigenvalue weighted by Crippen LogP contribution is -2.38. The van der Waals surface area contributed by atoms with Crippen molar-refractivity contribution < 1.29 is 28.2 Å². The molecule has 0 saturated heterocycles. The Hall–Kier alpha value is -1.40. The molecular weight excluding hydrogens is 248 g/mol. The Kier molecular flexibility index (Phi) is 3.56. The Bertz CT molecular complexity index is 365. The minimum absolute atomic E-state index is 0.402. The van der Waals surface area contributed by atoms with Crippen LogP contribution >= 0.6 is 0 Å². The van der Waals surface area contributed by atoms with Crippen molar-refractivity contribution in [2.24, 2.45) is 5.41 Å². The van der Waals surface area contributed by atoms with Crippen molar-refractivity contribution in [3.05, 3.63) is 0 Å². The van der Waals surface area contributed by atoms with Gasteiger partial charge in [0.2, 0.25) is 0 Å². The SMILES string of the molecule is CC(C)(C)OC(=O)NCC1(CC(=O)O)CC1(F)F. The predicted octanol–water partition coefficient (Wildman–Crippen LogP) is 2.01. The van der Waals surface area contributed by atoms with Gasteiger partial charge in [-0.3, -0.25) is 4.79 Å². The number of amides is 1. The standard InChI is InChI=1S/C11H17F2NO4/c1-9(2,3)18-8(17)14-6-10(4-7(15)16)5-11(10,12)13/h4-6H2,1-3H3,(H,14,17)(H,15,16). The highest BCUT2D eigenvalue weighted by Crippen LogP contribution is 2.62. The van der Waals surface area contributed by atoms with Crippen LogP contribution in [0, 0.1) is 5.41 Å². The number of hydrogen-bond donors (Lipinski definition) is 2. The van der Waals surface area contributed by atoms with E-state index in [1.165, 1.54) is 0 Å². The summed E-state index contributed by atoms with van der Waals surface area (Å²) in [5.74, 6) is -4.35. The molecular formula is C11H17F2NO4. The minimum Gasteiger partial charge on any atom is -0.481 e. The molecule has 1 saturated carbocycles. The number of hydrogen-bond acceptors (Lipinski definition) is 3. The number of aliphatic carboxylic acids is 1. The second-order valence-corrected chi connectivity index (χ2v) is 5.59. The first-order chi connectivity index (χ1) is 7.97. The molecule has 0 heterocycles. The van der Waals surface area contributed by atoms with Crippen molar-refractivity contribution in [2.45, 2.75) is 45.1 Å². The van der Waals surface area contributed by atoms with Crippen LogP contribution in [0.25, 0.3) is 0 Å². The molecule has 7 heteroatoms. The van der Waals surface area contributed by atoms with Crippen LogP contribution < -0.4 is 5.32 Å². The molecule has 18 heavy (non-hydrogen) atoms. The van der Waals surface area contributed by atoms with Gasteiger partial charge in [-0.25, -0.2) is 13.6 Å². The number of alkyl halides is 2. The first kappa shape index (κ1) is 14.7. The van der Waals surface area contributed by atoms with Crippen LogP contribution in [0.3, 0.4) is 0 Å². The minimum atomic E-state index is -3.04. The molecule has 5 nitrogen and oxygen atoms in total. The highest BCUT2D eigenvalue weighted by molar-refractivity contribution is 5.70. The Morgan fingerprint density at radius 1 is 1.39 bits per heavy atom. The van der Waals surface area contributed by atoms with Gasteiger partial charge in [-0.2, -0.15) is 0 Å². The molecule has 1 amide bonds. The Labute approximate surface area is 103 Å². The predicted molar refractivity (Wildman–Crippen MR) is 58.5 cm³/mol. The van der Waals surface area contributed by atoms with E-state index >= 15 is 0 Å². The van der Waals surface area contributed by atoms with Crippen LogP contribution in [-0.4, -0.2) is 35.2 Å². The maximum absolute atomic E-state index is 13.1. The van der Waals surface area contributed by atoms with Crippen molar-refractivity contribution in [1.29, 1.82) is 0 Å². The summed E-state index contributed by atoms with van der Waals surface area (Å²) in [6.07, 6.45) is -2.02. The largest absolute Gasteiger partial charge is 0.481 e. The Morgan fingerprint density at radius 2 is 1.89 bits per heavy atom. The average Bonchev–Trinajstić information content (AvgIpc) is 2.60. The summed E-state index contributed by atoms with van der Waals surface area (Å²) < 4.78 is 31.2.